The third-order valence-corrected chi connectivity index (χ3v) is 4.92. The molecule has 0 radical (unpaired) electrons. The van der Waals surface area contributed by atoms with Crippen molar-refractivity contribution >= 4 is 16.9 Å². The van der Waals surface area contributed by atoms with Crippen molar-refractivity contribution in [2.24, 2.45) is 0 Å². The Balaban J connectivity index is 1.84. The Morgan fingerprint density at radius 2 is 1.76 bits per heavy atom. The molecule has 1 heterocycles. The zero-order chi connectivity index (χ0) is 17.4. The molecule has 126 valence electrons. The van der Waals surface area contributed by atoms with E-state index in [9.17, 15) is 0 Å². The van der Waals surface area contributed by atoms with Gasteiger partial charge in [-0.25, -0.2) is 5.43 Å². The van der Waals surface area contributed by atoms with Crippen molar-refractivity contribution in [3.8, 4) is 0 Å². The number of benzene rings is 2. The van der Waals surface area contributed by atoms with E-state index >= 15 is 0 Å². The quantitative estimate of drug-likeness (QED) is 0.840. The summed E-state index contributed by atoms with van der Waals surface area (Å²) in [5, 5.41) is 2.16. The van der Waals surface area contributed by atoms with Crippen LogP contribution in [0.2, 0.25) is 0 Å². The average molecular weight is 329 g/mol. The van der Waals surface area contributed by atoms with E-state index in [1.807, 2.05) is 13.1 Å². The molecular weight excluding hydrogens is 306 g/mol. The van der Waals surface area contributed by atoms with Gasteiger partial charge < -0.3 is 4.90 Å². The molecule has 0 amide bonds. The van der Waals surface area contributed by atoms with Gasteiger partial charge in [0.1, 0.15) is 0 Å². The van der Waals surface area contributed by atoms with Gasteiger partial charge in [0, 0.05) is 24.8 Å². The summed E-state index contributed by atoms with van der Waals surface area (Å²) in [5.41, 5.74) is 10.7. The number of hydrogen-bond donors (Lipinski definition) is 1. The summed E-state index contributed by atoms with van der Waals surface area (Å²) >= 11 is 0. The lowest BCUT2D eigenvalue weighted by Crippen LogP contribution is -2.45. The van der Waals surface area contributed by atoms with Crippen LogP contribution >= 0.6 is 0 Å². The molecular formula is C22H23N3. The van der Waals surface area contributed by atoms with Gasteiger partial charge in [-0.2, -0.15) is 0 Å². The Bertz CT molecular complexity index is 864. The number of rotatable bonds is 4. The van der Waals surface area contributed by atoms with Crippen LogP contribution < -0.4 is 15.3 Å². The first-order valence-electron chi connectivity index (χ1n) is 8.75. The molecule has 0 fully saturated rings. The Morgan fingerprint density at radius 3 is 2.48 bits per heavy atom. The molecule has 4 rings (SSSR count). The topological polar surface area (TPSA) is 18.5 Å². The number of fused-ring (bicyclic) bond motifs is 3. The number of nitrogens with one attached hydrogen (secondary N) is 1. The van der Waals surface area contributed by atoms with Crippen LogP contribution in [0.3, 0.4) is 0 Å². The standard InChI is InChI=1S/C22H23N3/c1-4-24-20-13-9-8-12-18(20)19-14-16(2)15-21(22(19)24)25(23-3)17-10-6-5-7-11-17/h5-15,22-23H,2,4H2,1,3H3. The van der Waals surface area contributed by atoms with Gasteiger partial charge in [-0.3, -0.25) is 5.01 Å². The summed E-state index contributed by atoms with van der Waals surface area (Å²) < 4.78 is 0. The molecule has 2 aliphatic rings. The number of para-hydroxylation sites is 2. The van der Waals surface area contributed by atoms with E-state index in [4.69, 9.17) is 0 Å². The van der Waals surface area contributed by atoms with Gasteiger partial charge in [0.25, 0.3) is 0 Å². The second-order valence-corrected chi connectivity index (χ2v) is 6.34. The zero-order valence-electron chi connectivity index (χ0n) is 14.7. The first-order valence-corrected chi connectivity index (χ1v) is 8.75. The van der Waals surface area contributed by atoms with Gasteiger partial charge in [0.2, 0.25) is 0 Å². The molecule has 25 heavy (non-hydrogen) atoms. The third-order valence-electron chi connectivity index (χ3n) is 4.92. The number of hydrogen-bond acceptors (Lipinski definition) is 3. The molecule has 0 bridgehead atoms. The highest BCUT2D eigenvalue weighted by molar-refractivity contribution is 5.93. The fourth-order valence-electron chi connectivity index (χ4n) is 3.93. The molecule has 1 aliphatic heterocycles. The molecule has 2 aromatic carbocycles. The predicted molar refractivity (Wildman–Crippen MR) is 106 cm³/mol. The van der Waals surface area contributed by atoms with E-state index in [1.165, 1.54) is 22.5 Å². The molecule has 3 nitrogen and oxygen atoms in total. The maximum Gasteiger partial charge on any atom is 0.0968 e. The minimum Gasteiger partial charge on any atom is -0.359 e. The Labute approximate surface area is 149 Å². The molecule has 0 saturated heterocycles. The minimum absolute atomic E-state index is 0.195. The second kappa shape index (κ2) is 6.26. The van der Waals surface area contributed by atoms with Crippen molar-refractivity contribution in [1.82, 2.24) is 5.43 Å². The summed E-state index contributed by atoms with van der Waals surface area (Å²) in [7, 11) is 1.97. The third kappa shape index (κ3) is 2.48. The van der Waals surface area contributed by atoms with Crippen LogP contribution in [0.15, 0.2) is 84.6 Å². The highest BCUT2D eigenvalue weighted by atomic mass is 15.5. The van der Waals surface area contributed by atoms with Gasteiger partial charge in [-0.15, -0.1) is 0 Å². The normalized spacial score (nSPS) is 18.4. The first kappa shape index (κ1) is 15.7. The van der Waals surface area contributed by atoms with E-state index < -0.39 is 0 Å². The number of allylic oxidation sites excluding steroid dienone is 3. The summed E-state index contributed by atoms with van der Waals surface area (Å²) in [6, 6.07) is 19.3. The smallest absolute Gasteiger partial charge is 0.0968 e. The Hall–Kier alpha value is -2.78. The van der Waals surface area contributed by atoms with Crippen molar-refractivity contribution in [3.05, 3.63) is 90.2 Å². The monoisotopic (exact) mass is 329 g/mol. The highest BCUT2D eigenvalue weighted by Crippen LogP contribution is 2.46. The van der Waals surface area contributed by atoms with E-state index in [2.05, 4.69) is 89.5 Å². The maximum absolute atomic E-state index is 4.23. The van der Waals surface area contributed by atoms with Crippen molar-refractivity contribution in [1.29, 1.82) is 0 Å². The molecule has 0 aromatic heterocycles. The Kier molecular flexibility index (Phi) is 3.94. The van der Waals surface area contributed by atoms with Gasteiger partial charge in [-0.1, -0.05) is 43.0 Å². The number of likely N-dealkylation sites (N-methyl/N-ethyl adjacent to an activating group) is 1. The summed E-state index contributed by atoms with van der Waals surface area (Å²) in [6.45, 7) is 7.40. The minimum atomic E-state index is 0.195. The van der Waals surface area contributed by atoms with Crippen molar-refractivity contribution in [2.75, 3.05) is 23.5 Å². The molecule has 1 N–H and O–H groups in total. The predicted octanol–water partition coefficient (Wildman–Crippen LogP) is 4.37. The van der Waals surface area contributed by atoms with Crippen LogP contribution in [-0.4, -0.2) is 19.6 Å². The number of nitrogens with zero attached hydrogens (tertiary/aromatic N) is 2. The van der Waals surface area contributed by atoms with Crippen molar-refractivity contribution in [2.45, 2.75) is 13.0 Å². The molecule has 1 atom stereocenters. The highest BCUT2D eigenvalue weighted by Gasteiger charge is 2.39. The van der Waals surface area contributed by atoms with Gasteiger partial charge in [0.15, 0.2) is 0 Å². The van der Waals surface area contributed by atoms with Crippen LogP contribution in [0.5, 0.6) is 0 Å². The van der Waals surface area contributed by atoms with Crippen molar-refractivity contribution in [3.63, 3.8) is 0 Å². The maximum atomic E-state index is 4.23. The Morgan fingerprint density at radius 1 is 1.04 bits per heavy atom. The van der Waals surface area contributed by atoms with E-state index in [0.717, 1.165) is 17.8 Å². The van der Waals surface area contributed by atoms with Gasteiger partial charge in [0.05, 0.1) is 17.4 Å². The summed E-state index contributed by atoms with van der Waals surface area (Å²) in [5.74, 6) is 0. The zero-order valence-corrected chi connectivity index (χ0v) is 14.7. The summed E-state index contributed by atoms with van der Waals surface area (Å²) in [6.07, 6.45) is 4.41. The van der Waals surface area contributed by atoms with E-state index in [-0.39, 0.29) is 6.04 Å². The molecule has 1 unspecified atom stereocenters. The fraction of sp³-hybridized carbons (Fsp3) is 0.182. The average Bonchev–Trinajstić information content (AvgIpc) is 2.97. The lowest BCUT2D eigenvalue weighted by molar-refractivity contribution is 0.708. The fourth-order valence-corrected chi connectivity index (χ4v) is 3.93. The lowest BCUT2D eigenvalue weighted by Gasteiger charge is -2.37. The van der Waals surface area contributed by atoms with E-state index in [0.29, 0.717) is 0 Å². The number of anilines is 2. The van der Waals surface area contributed by atoms with Crippen LogP contribution in [0, 0.1) is 0 Å². The molecule has 0 saturated carbocycles. The lowest BCUT2D eigenvalue weighted by atomic mass is 9.92. The SMILES string of the molecule is C=C1C=C2c3ccccc3N(CC)C2C(N(NC)c2ccccc2)=C1. The van der Waals surface area contributed by atoms with E-state index in [1.54, 1.807) is 0 Å². The molecule has 1 aliphatic carbocycles. The largest absolute Gasteiger partial charge is 0.359 e. The molecule has 3 heteroatoms. The van der Waals surface area contributed by atoms with Crippen LogP contribution in [0.25, 0.3) is 5.57 Å². The summed E-state index contributed by atoms with van der Waals surface area (Å²) in [4.78, 5) is 2.46. The van der Waals surface area contributed by atoms with Crippen LogP contribution in [0.1, 0.15) is 12.5 Å². The molecule has 2 aromatic rings. The van der Waals surface area contributed by atoms with Gasteiger partial charge in [-0.05, 0) is 48.4 Å². The molecule has 0 spiro atoms. The first-order chi connectivity index (χ1) is 12.2. The van der Waals surface area contributed by atoms with Crippen LogP contribution in [-0.2, 0) is 0 Å². The number of hydrazine groups is 1. The van der Waals surface area contributed by atoms with Crippen molar-refractivity contribution < 1.29 is 0 Å². The van der Waals surface area contributed by atoms with Crippen LogP contribution in [0.4, 0.5) is 11.4 Å². The second-order valence-electron chi connectivity index (χ2n) is 6.34. The van der Waals surface area contributed by atoms with Gasteiger partial charge >= 0.3 is 0 Å².